The Morgan fingerprint density at radius 3 is 2.32 bits per heavy atom. The Balaban J connectivity index is 2.58. The van der Waals surface area contributed by atoms with Crippen molar-refractivity contribution in [2.24, 2.45) is 17.4 Å². The van der Waals surface area contributed by atoms with Crippen LogP contribution in [-0.2, 0) is 24.0 Å². The van der Waals surface area contributed by atoms with Crippen LogP contribution in [0.15, 0.2) is 0 Å². The lowest BCUT2D eigenvalue weighted by molar-refractivity contribution is -0.144. The highest BCUT2D eigenvalue weighted by Gasteiger charge is 2.35. The van der Waals surface area contributed by atoms with Gasteiger partial charge in [-0.15, -0.1) is 0 Å². The van der Waals surface area contributed by atoms with Crippen molar-refractivity contribution in [2.75, 3.05) is 19.6 Å². The summed E-state index contributed by atoms with van der Waals surface area (Å²) >= 11 is 0. The lowest BCUT2D eigenvalue weighted by Crippen LogP contribution is -2.54. The van der Waals surface area contributed by atoms with Gasteiger partial charge < -0.3 is 37.4 Å². The van der Waals surface area contributed by atoms with Gasteiger partial charge in [0.2, 0.25) is 23.6 Å². The standard InChI is InChI=1S/C22H40N6O6/c1-13(2)11-15(24)20(31)26-14(3)19(30)25-12-18(29)28-10-6-8-17(28)21(32)27-16(22(33)34)7-4-5-9-23/h13-17H,4-12,23-24H2,1-3H3,(H,25,30)(H,26,31)(H,27,32)(H,33,34)/t14-,15-,16-,17-/m0/s1. The minimum Gasteiger partial charge on any atom is -0.480 e. The van der Waals surface area contributed by atoms with E-state index >= 15 is 0 Å². The van der Waals surface area contributed by atoms with E-state index in [2.05, 4.69) is 16.0 Å². The van der Waals surface area contributed by atoms with Gasteiger partial charge in [-0.25, -0.2) is 4.79 Å². The van der Waals surface area contributed by atoms with Gasteiger partial charge >= 0.3 is 5.97 Å². The molecule has 12 nitrogen and oxygen atoms in total. The molecule has 1 heterocycles. The molecule has 1 aliphatic rings. The van der Waals surface area contributed by atoms with Gasteiger partial charge in [0, 0.05) is 6.54 Å². The Labute approximate surface area is 200 Å². The number of carboxylic acids is 1. The number of nitrogens with two attached hydrogens (primary N) is 2. The van der Waals surface area contributed by atoms with Gasteiger partial charge in [0.1, 0.15) is 18.1 Å². The number of rotatable bonds is 14. The van der Waals surface area contributed by atoms with Crippen molar-refractivity contribution < 1.29 is 29.1 Å². The number of carbonyl (C=O) groups excluding carboxylic acids is 4. The van der Waals surface area contributed by atoms with Crippen LogP contribution < -0.4 is 27.4 Å². The van der Waals surface area contributed by atoms with Gasteiger partial charge in [0.15, 0.2) is 0 Å². The van der Waals surface area contributed by atoms with Crippen LogP contribution in [0.25, 0.3) is 0 Å². The van der Waals surface area contributed by atoms with Gasteiger partial charge in [-0.3, -0.25) is 19.2 Å². The zero-order valence-corrected chi connectivity index (χ0v) is 20.3. The maximum atomic E-state index is 12.7. The molecular formula is C22H40N6O6. The van der Waals surface area contributed by atoms with Crippen LogP contribution in [0.3, 0.4) is 0 Å². The van der Waals surface area contributed by atoms with Gasteiger partial charge in [-0.2, -0.15) is 0 Å². The number of carboxylic acid groups (broad SMARTS) is 1. The van der Waals surface area contributed by atoms with Crippen LogP contribution in [0, 0.1) is 5.92 Å². The molecule has 1 fully saturated rings. The van der Waals surface area contributed by atoms with E-state index in [1.54, 1.807) is 0 Å². The molecule has 12 heteroatoms. The average Bonchev–Trinajstić information content (AvgIpc) is 3.26. The monoisotopic (exact) mass is 484 g/mol. The number of hydrogen-bond acceptors (Lipinski definition) is 7. The summed E-state index contributed by atoms with van der Waals surface area (Å²) in [5.74, 6) is -2.90. The molecule has 34 heavy (non-hydrogen) atoms. The van der Waals surface area contributed by atoms with Crippen LogP contribution in [0.4, 0.5) is 0 Å². The first-order valence-corrected chi connectivity index (χ1v) is 11.8. The summed E-state index contributed by atoms with van der Waals surface area (Å²) in [7, 11) is 0. The molecule has 4 amide bonds. The summed E-state index contributed by atoms with van der Waals surface area (Å²) < 4.78 is 0. The van der Waals surface area contributed by atoms with Crippen LogP contribution in [0.2, 0.25) is 0 Å². The molecule has 0 radical (unpaired) electrons. The van der Waals surface area contributed by atoms with Crippen molar-refractivity contribution in [2.45, 2.75) is 83.5 Å². The minimum absolute atomic E-state index is 0.227. The summed E-state index contributed by atoms with van der Waals surface area (Å²) in [5, 5.41) is 16.9. The van der Waals surface area contributed by atoms with Crippen molar-refractivity contribution in [3.63, 3.8) is 0 Å². The second-order valence-electron chi connectivity index (χ2n) is 9.11. The fourth-order valence-electron chi connectivity index (χ4n) is 3.77. The Morgan fingerprint density at radius 1 is 1.06 bits per heavy atom. The molecule has 0 aromatic carbocycles. The van der Waals surface area contributed by atoms with Gasteiger partial charge in [0.25, 0.3) is 0 Å². The van der Waals surface area contributed by atoms with Crippen LogP contribution >= 0.6 is 0 Å². The molecule has 194 valence electrons. The number of nitrogens with one attached hydrogen (secondary N) is 3. The third kappa shape index (κ3) is 9.64. The third-order valence-corrected chi connectivity index (χ3v) is 5.67. The molecule has 4 atom stereocenters. The molecule has 0 spiro atoms. The minimum atomic E-state index is -1.14. The van der Waals surface area contributed by atoms with Crippen molar-refractivity contribution in [3.8, 4) is 0 Å². The maximum absolute atomic E-state index is 12.7. The Morgan fingerprint density at radius 2 is 1.74 bits per heavy atom. The molecule has 0 saturated carbocycles. The number of nitrogens with zero attached hydrogens (tertiary/aromatic N) is 1. The Bertz CT molecular complexity index is 731. The molecule has 1 saturated heterocycles. The first-order valence-electron chi connectivity index (χ1n) is 11.8. The van der Waals surface area contributed by atoms with E-state index in [0.29, 0.717) is 45.2 Å². The Kier molecular flexibility index (Phi) is 12.5. The van der Waals surface area contributed by atoms with Crippen molar-refractivity contribution in [3.05, 3.63) is 0 Å². The molecule has 0 aromatic rings. The SMILES string of the molecule is CC(C)C[C@H](N)C(=O)N[C@@H](C)C(=O)NCC(=O)N1CCC[C@H]1C(=O)N[C@@H](CCCCN)C(=O)O. The van der Waals surface area contributed by atoms with E-state index in [-0.39, 0.29) is 18.9 Å². The fourth-order valence-corrected chi connectivity index (χ4v) is 3.77. The lowest BCUT2D eigenvalue weighted by Gasteiger charge is -2.26. The smallest absolute Gasteiger partial charge is 0.326 e. The van der Waals surface area contributed by atoms with Gasteiger partial charge in [0.05, 0.1) is 12.6 Å². The number of likely N-dealkylation sites (tertiary alicyclic amines) is 1. The molecule has 0 unspecified atom stereocenters. The van der Waals surface area contributed by atoms with E-state index < -0.39 is 53.8 Å². The van der Waals surface area contributed by atoms with Crippen molar-refractivity contribution in [1.82, 2.24) is 20.9 Å². The number of aliphatic carboxylic acids is 1. The Hall–Kier alpha value is -2.73. The van der Waals surface area contributed by atoms with Gasteiger partial charge in [-0.05, 0) is 57.9 Å². The van der Waals surface area contributed by atoms with Crippen LogP contribution in [-0.4, -0.2) is 83.4 Å². The average molecular weight is 485 g/mol. The van der Waals surface area contributed by atoms with E-state index in [1.807, 2.05) is 13.8 Å². The second-order valence-corrected chi connectivity index (χ2v) is 9.11. The quantitative estimate of drug-likeness (QED) is 0.163. The summed E-state index contributed by atoms with van der Waals surface area (Å²) in [6.07, 6.45) is 2.93. The van der Waals surface area contributed by atoms with Crippen molar-refractivity contribution >= 4 is 29.6 Å². The fraction of sp³-hybridized carbons (Fsp3) is 0.773. The highest BCUT2D eigenvalue weighted by Crippen LogP contribution is 2.18. The molecule has 8 N–H and O–H groups in total. The van der Waals surface area contributed by atoms with Crippen LogP contribution in [0.1, 0.15) is 59.3 Å². The molecule has 0 aliphatic carbocycles. The van der Waals surface area contributed by atoms with Crippen LogP contribution in [0.5, 0.6) is 0 Å². The zero-order chi connectivity index (χ0) is 25.8. The summed E-state index contributed by atoms with van der Waals surface area (Å²) in [6, 6.07) is -3.47. The van der Waals surface area contributed by atoms with Gasteiger partial charge in [-0.1, -0.05) is 13.8 Å². The highest BCUT2D eigenvalue weighted by atomic mass is 16.4. The normalized spacial score (nSPS) is 18.2. The predicted octanol–water partition coefficient (Wildman–Crippen LogP) is -1.33. The summed E-state index contributed by atoms with van der Waals surface area (Å²) in [5.41, 5.74) is 11.2. The summed E-state index contributed by atoms with van der Waals surface area (Å²) in [4.78, 5) is 62.5. The number of amides is 4. The first kappa shape index (κ1) is 29.3. The second kappa shape index (κ2) is 14.5. The summed E-state index contributed by atoms with van der Waals surface area (Å²) in [6.45, 7) is 5.77. The van der Waals surface area contributed by atoms with E-state index in [9.17, 15) is 29.1 Å². The number of unbranched alkanes of at least 4 members (excludes halogenated alkanes) is 1. The van der Waals surface area contributed by atoms with E-state index in [1.165, 1.54) is 11.8 Å². The number of hydrogen-bond donors (Lipinski definition) is 6. The highest BCUT2D eigenvalue weighted by molar-refractivity contribution is 5.94. The number of carbonyl (C=O) groups is 5. The molecule has 1 rings (SSSR count). The molecule has 0 aromatic heterocycles. The zero-order valence-electron chi connectivity index (χ0n) is 20.3. The first-order chi connectivity index (χ1) is 16.0. The third-order valence-electron chi connectivity index (χ3n) is 5.67. The molecular weight excluding hydrogens is 444 g/mol. The lowest BCUT2D eigenvalue weighted by atomic mass is 10.0. The predicted molar refractivity (Wildman–Crippen MR) is 125 cm³/mol. The maximum Gasteiger partial charge on any atom is 0.326 e. The molecule has 0 bridgehead atoms. The van der Waals surface area contributed by atoms with E-state index in [4.69, 9.17) is 11.5 Å². The molecule has 1 aliphatic heterocycles. The topological polar surface area (TPSA) is 197 Å². The largest absolute Gasteiger partial charge is 0.480 e. The van der Waals surface area contributed by atoms with E-state index in [0.717, 1.165) is 0 Å². The van der Waals surface area contributed by atoms with Crippen molar-refractivity contribution in [1.29, 1.82) is 0 Å².